The first-order valence-electron chi connectivity index (χ1n) is 10.5. The zero-order valence-corrected chi connectivity index (χ0v) is 21.1. The number of hydrogen-bond donors (Lipinski definition) is 2. The minimum Gasteiger partial charge on any atom is -0.379 e. The highest BCUT2D eigenvalue weighted by molar-refractivity contribution is 14.0. The number of anilines is 1. The molecule has 2 N–H and O–H groups in total. The van der Waals surface area contributed by atoms with Crippen LogP contribution in [0.1, 0.15) is 17.2 Å². The van der Waals surface area contributed by atoms with Crippen LogP contribution in [0.4, 0.5) is 14.5 Å². The first-order valence-corrected chi connectivity index (χ1v) is 10.5. The highest BCUT2D eigenvalue weighted by Crippen LogP contribution is 2.22. The predicted molar refractivity (Wildman–Crippen MR) is 136 cm³/mol. The molecule has 6 nitrogen and oxygen atoms in total. The van der Waals surface area contributed by atoms with Crippen LogP contribution >= 0.6 is 24.0 Å². The van der Waals surface area contributed by atoms with Gasteiger partial charge in [0, 0.05) is 47.3 Å². The fraction of sp³-hybridized carbons (Fsp3) is 0.435. The Morgan fingerprint density at radius 2 is 1.78 bits per heavy atom. The van der Waals surface area contributed by atoms with Gasteiger partial charge in [0.05, 0.1) is 24.9 Å². The van der Waals surface area contributed by atoms with Crippen molar-refractivity contribution in [1.82, 2.24) is 15.5 Å². The molecule has 0 amide bonds. The average Bonchev–Trinajstić information content (AvgIpc) is 2.77. The van der Waals surface area contributed by atoms with Crippen molar-refractivity contribution in [2.45, 2.75) is 12.6 Å². The van der Waals surface area contributed by atoms with Crippen LogP contribution in [0.15, 0.2) is 47.5 Å². The van der Waals surface area contributed by atoms with E-state index in [4.69, 9.17) is 4.74 Å². The van der Waals surface area contributed by atoms with Gasteiger partial charge >= 0.3 is 0 Å². The smallest absolute Gasteiger partial charge is 0.191 e. The van der Waals surface area contributed by atoms with Gasteiger partial charge < -0.3 is 20.3 Å². The summed E-state index contributed by atoms with van der Waals surface area (Å²) in [5, 5.41) is 6.59. The Morgan fingerprint density at radius 1 is 1.09 bits per heavy atom. The van der Waals surface area contributed by atoms with Crippen LogP contribution < -0.4 is 15.5 Å². The molecule has 0 aliphatic carbocycles. The summed E-state index contributed by atoms with van der Waals surface area (Å²) in [5.74, 6) is 0.121. The Labute approximate surface area is 206 Å². The summed E-state index contributed by atoms with van der Waals surface area (Å²) in [7, 11) is 5.33. The lowest BCUT2D eigenvalue weighted by molar-refractivity contribution is 0.0170. The lowest BCUT2D eigenvalue weighted by Crippen LogP contribution is -2.46. The SMILES string of the molecule is CN=C(NCc1ccc(N(C)C)c(F)c1)NCC(c1ccc(F)cc1)N1CCOCC1.I. The van der Waals surface area contributed by atoms with E-state index in [1.54, 1.807) is 18.0 Å². The molecule has 1 atom stereocenters. The zero-order chi connectivity index (χ0) is 22.2. The quantitative estimate of drug-likeness (QED) is 0.310. The number of rotatable bonds is 7. The highest BCUT2D eigenvalue weighted by atomic mass is 127. The lowest BCUT2D eigenvalue weighted by Gasteiger charge is -2.35. The van der Waals surface area contributed by atoms with Crippen LogP contribution in [0, 0.1) is 11.6 Å². The van der Waals surface area contributed by atoms with Crippen molar-refractivity contribution in [2.24, 2.45) is 4.99 Å². The number of nitrogens with zero attached hydrogens (tertiary/aromatic N) is 3. The summed E-state index contributed by atoms with van der Waals surface area (Å²) in [6, 6.07) is 11.9. The first-order chi connectivity index (χ1) is 15.0. The topological polar surface area (TPSA) is 52.1 Å². The minimum absolute atomic E-state index is 0. The van der Waals surface area contributed by atoms with E-state index in [9.17, 15) is 8.78 Å². The molecule has 1 aliphatic rings. The third-order valence-electron chi connectivity index (χ3n) is 5.38. The van der Waals surface area contributed by atoms with E-state index >= 15 is 0 Å². The summed E-state index contributed by atoms with van der Waals surface area (Å²) in [5.41, 5.74) is 2.42. The maximum absolute atomic E-state index is 14.2. The summed E-state index contributed by atoms with van der Waals surface area (Å²) in [6.07, 6.45) is 0. The molecular formula is C23H32F2IN5O. The monoisotopic (exact) mass is 559 g/mol. The minimum atomic E-state index is -0.254. The molecule has 1 saturated heterocycles. The molecule has 2 aromatic rings. The number of ether oxygens (including phenoxy) is 1. The van der Waals surface area contributed by atoms with Crippen molar-refractivity contribution < 1.29 is 13.5 Å². The molecule has 32 heavy (non-hydrogen) atoms. The van der Waals surface area contributed by atoms with Gasteiger partial charge in [0.15, 0.2) is 5.96 Å². The van der Waals surface area contributed by atoms with Crippen molar-refractivity contribution in [3.63, 3.8) is 0 Å². The summed E-state index contributed by atoms with van der Waals surface area (Å²) in [4.78, 5) is 8.36. The molecule has 0 bridgehead atoms. The van der Waals surface area contributed by atoms with Crippen LogP contribution in [0.3, 0.4) is 0 Å². The van der Waals surface area contributed by atoms with Crippen LogP contribution in [-0.4, -0.2) is 64.9 Å². The molecule has 0 aromatic heterocycles. The molecule has 1 unspecified atom stereocenters. The second kappa shape index (κ2) is 12.9. The fourth-order valence-electron chi connectivity index (χ4n) is 3.65. The molecule has 176 valence electrons. The molecule has 2 aromatic carbocycles. The summed E-state index contributed by atoms with van der Waals surface area (Å²) < 4.78 is 33.1. The molecule has 3 rings (SSSR count). The predicted octanol–water partition coefficient (Wildman–Crippen LogP) is 3.39. The normalized spacial score (nSPS) is 15.6. The molecule has 1 aliphatic heterocycles. The largest absolute Gasteiger partial charge is 0.379 e. The first kappa shape index (κ1) is 26.3. The van der Waals surface area contributed by atoms with E-state index in [0.717, 1.165) is 24.2 Å². The van der Waals surface area contributed by atoms with E-state index in [1.165, 1.54) is 18.2 Å². The van der Waals surface area contributed by atoms with Gasteiger partial charge in [-0.2, -0.15) is 0 Å². The molecular weight excluding hydrogens is 527 g/mol. The van der Waals surface area contributed by atoms with Crippen molar-refractivity contribution in [2.75, 3.05) is 58.9 Å². The summed E-state index contributed by atoms with van der Waals surface area (Å²) in [6.45, 7) is 4.03. The molecule has 0 saturated carbocycles. The number of hydrogen-bond acceptors (Lipinski definition) is 4. The van der Waals surface area contributed by atoms with Gasteiger partial charge in [-0.3, -0.25) is 9.89 Å². The Hall–Kier alpha value is -1.98. The van der Waals surface area contributed by atoms with Crippen LogP contribution in [0.2, 0.25) is 0 Å². The van der Waals surface area contributed by atoms with Gasteiger partial charge in [-0.25, -0.2) is 8.78 Å². The number of aliphatic imine (C=N–C) groups is 1. The number of halogens is 3. The van der Waals surface area contributed by atoms with Crippen LogP contribution in [-0.2, 0) is 11.3 Å². The van der Waals surface area contributed by atoms with Crippen molar-refractivity contribution in [1.29, 1.82) is 0 Å². The average molecular weight is 559 g/mol. The van der Waals surface area contributed by atoms with E-state index in [0.29, 0.717) is 38.0 Å². The number of morpholine rings is 1. The highest BCUT2D eigenvalue weighted by Gasteiger charge is 2.23. The van der Waals surface area contributed by atoms with Gasteiger partial charge in [0.2, 0.25) is 0 Å². The van der Waals surface area contributed by atoms with E-state index in [2.05, 4.69) is 20.5 Å². The third kappa shape index (κ3) is 7.28. The Morgan fingerprint density at radius 3 is 2.38 bits per heavy atom. The van der Waals surface area contributed by atoms with Gasteiger partial charge in [-0.15, -0.1) is 24.0 Å². The second-order valence-corrected chi connectivity index (χ2v) is 7.70. The van der Waals surface area contributed by atoms with Gasteiger partial charge in [0.25, 0.3) is 0 Å². The van der Waals surface area contributed by atoms with Crippen molar-refractivity contribution >= 4 is 35.6 Å². The maximum atomic E-state index is 14.2. The number of guanidine groups is 1. The Bertz CT molecular complexity index is 873. The number of nitrogens with one attached hydrogen (secondary N) is 2. The van der Waals surface area contributed by atoms with Crippen molar-refractivity contribution in [3.05, 3.63) is 65.2 Å². The van der Waals surface area contributed by atoms with E-state index < -0.39 is 0 Å². The van der Waals surface area contributed by atoms with Gasteiger partial charge in [0.1, 0.15) is 11.6 Å². The molecule has 0 radical (unpaired) electrons. The molecule has 0 spiro atoms. The lowest BCUT2D eigenvalue weighted by atomic mass is 10.0. The Kier molecular flexibility index (Phi) is 10.6. The molecule has 9 heteroatoms. The van der Waals surface area contributed by atoms with E-state index in [-0.39, 0.29) is 41.7 Å². The fourth-order valence-corrected chi connectivity index (χ4v) is 3.65. The van der Waals surface area contributed by atoms with Crippen molar-refractivity contribution in [3.8, 4) is 0 Å². The maximum Gasteiger partial charge on any atom is 0.191 e. The van der Waals surface area contributed by atoms with Crippen LogP contribution in [0.25, 0.3) is 0 Å². The molecule has 1 fully saturated rings. The van der Waals surface area contributed by atoms with Gasteiger partial charge in [-0.1, -0.05) is 18.2 Å². The zero-order valence-electron chi connectivity index (χ0n) is 18.8. The van der Waals surface area contributed by atoms with Crippen LogP contribution in [0.5, 0.6) is 0 Å². The number of benzene rings is 2. The van der Waals surface area contributed by atoms with E-state index in [1.807, 2.05) is 32.3 Å². The Balaban J connectivity index is 0.00000363. The third-order valence-corrected chi connectivity index (χ3v) is 5.38. The summed E-state index contributed by atoms with van der Waals surface area (Å²) >= 11 is 0. The molecule has 1 heterocycles. The van der Waals surface area contributed by atoms with Gasteiger partial charge in [-0.05, 0) is 35.4 Å². The second-order valence-electron chi connectivity index (χ2n) is 7.70. The standard InChI is InChI=1S/C23H31F2N5O.HI/c1-26-23(27-15-17-4-9-21(29(2)3)20(25)14-17)28-16-22(30-10-12-31-13-11-30)18-5-7-19(24)8-6-18;/h4-9,14,22H,10-13,15-16H2,1-3H3,(H2,26,27,28);1H.